The number of nitrogens with zero attached hydrogens (tertiary/aromatic N) is 2. The number of carbonyl (C=O) groups excluding carboxylic acids is 2. The molecule has 6 heteroatoms. The number of aromatic nitrogens is 1. The minimum atomic E-state index is -0.318. The van der Waals surface area contributed by atoms with Crippen LogP contribution in [0.2, 0.25) is 0 Å². The van der Waals surface area contributed by atoms with Gasteiger partial charge in [-0.2, -0.15) is 0 Å². The number of hydrogen-bond donors (Lipinski definition) is 1. The van der Waals surface area contributed by atoms with Gasteiger partial charge in [-0.15, -0.1) is 0 Å². The maximum absolute atomic E-state index is 11.8. The molecule has 1 fully saturated rings. The Morgan fingerprint density at radius 3 is 2.57 bits per heavy atom. The second kappa shape index (κ2) is 9.94. The lowest BCUT2D eigenvalue weighted by atomic mass is 10.1. The molecule has 6 nitrogen and oxygen atoms in total. The molecule has 1 aromatic heterocycles. The summed E-state index contributed by atoms with van der Waals surface area (Å²) < 4.78 is 4.55. The summed E-state index contributed by atoms with van der Waals surface area (Å²) in [5.74, 6) is 0.255. The van der Waals surface area contributed by atoms with Gasteiger partial charge in [0, 0.05) is 45.0 Å². The number of nitrogens with one attached hydrogen (secondary N) is 1. The minimum absolute atomic E-state index is 0.255. The smallest absolute Gasteiger partial charge is 0.293 e. The van der Waals surface area contributed by atoms with E-state index in [-0.39, 0.29) is 11.5 Å². The van der Waals surface area contributed by atoms with Gasteiger partial charge in [0.1, 0.15) is 5.60 Å². The minimum Gasteiger partial charge on any atom is -0.462 e. The lowest BCUT2D eigenvalue weighted by molar-refractivity contribution is -0.138. The summed E-state index contributed by atoms with van der Waals surface area (Å²) in [5.41, 5.74) is 0.813. The number of hydrogen-bond acceptors (Lipinski definition) is 5. The number of pyridine rings is 1. The molecule has 0 spiro atoms. The van der Waals surface area contributed by atoms with Gasteiger partial charge >= 0.3 is 0 Å². The average Bonchev–Trinajstić information content (AvgIpc) is 2.54. The van der Waals surface area contributed by atoms with E-state index in [1.807, 2.05) is 44.0 Å². The van der Waals surface area contributed by atoms with Crippen LogP contribution in [-0.2, 0) is 20.7 Å². The Bertz CT molecular complexity index is 466. The zero-order valence-corrected chi connectivity index (χ0v) is 14.2. The molecule has 1 aliphatic rings. The third kappa shape index (κ3) is 8.93. The third-order valence-corrected chi connectivity index (χ3v) is 3.22. The summed E-state index contributed by atoms with van der Waals surface area (Å²) in [5, 5.41) is 3.24. The highest BCUT2D eigenvalue weighted by Gasteiger charge is 2.15. The molecule has 0 atom stereocenters. The van der Waals surface area contributed by atoms with Crippen LogP contribution in [0.5, 0.6) is 0 Å². The number of carbonyl (C=O) groups is 2. The summed E-state index contributed by atoms with van der Waals surface area (Å²) in [7, 11) is 0. The largest absolute Gasteiger partial charge is 0.462 e. The van der Waals surface area contributed by atoms with E-state index in [9.17, 15) is 9.59 Å². The molecule has 2 heterocycles. The Balaban J connectivity index is 0.000000322. The van der Waals surface area contributed by atoms with E-state index < -0.39 is 0 Å². The fraction of sp³-hybridized carbons (Fsp3) is 0.588. The van der Waals surface area contributed by atoms with Gasteiger partial charge < -0.3 is 15.0 Å². The van der Waals surface area contributed by atoms with Crippen molar-refractivity contribution in [3.05, 3.63) is 30.1 Å². The van der Waals surface area contributed by atoms with Gasteiger partial charge in [-0.05, 0) is 38.8 Å². The quantitative estimate of drug-likeness (QED) is 0.849. The second-order valence-corrected chi connectivity index (χ2v) is 6.32. The van der Waals surface area contributed by atoms with Gasteiger partial charge in [-0.25, -0.2) is 0 Å². The number of ether oxygens (including phenoxy) is 1. The van der Waals surface area contributed by atoms with Crippen molar-refractivity contribution in [3.63, 3.8) is 0 Å². The molecule has 0 unspecified atom stereocenters. The standard InChI is InChI=1S/C12H17N3O.C5H10O2/c16-12(15-8-6-13-7-9-15)4-3-11-2-1-5-14-10-11;1-5(2,3)7-4-6/h1-2,5,10,13H,3-4,6-9H2;4H,1-3H3. The molecule has 1 saturated heterocycles. The van der Waals surface area contributed by atoms with Crippen molar-refractivity contribution in [1.82, 2.24) is 15.2 Å². The Morgan fingerprint density at radius 2 is 2.09 bits per heavy atom. The average molecular weight is 321 g/mol. The summed E-state index contributed by atoms with van der Waals surface area (Å²) in [4.78, 5) is 27.4. The lowest BCUT2D eigenvalue weighted by Crippen LogP contribution is -2.46. The first kappa shape index (κ1) is 19.1. The first-order chi connectivity index (χ1) is 10.9. The van der Waals surface area contributed by atoms with Crippen LogP contribution < -0.4 is 5.32 Å². The summed E-state index contributed by atoms with van der Waals surface area (Å²) in [6.45, 7) is 9.43. The van der Waals surface area contributed by atoms with Crippen molar-refractivity contribution < 1.29 is 14.3 Å². The molecule has 1 aliphatic heterocycles. The second-order valence-electron chi connectivity index (χ2n) is 6.32. The molecule has 0 aliphatic carbocycles. The molecule has 1 amide bonds. The SMILES string of the molecule is CC(C)(C)OC=O.O=C(CCc1cccnc1)N1CCNCC1. The molecular formula is C17H27N3O3. The number of rotatable bonds is 4. The van der Waals surface area contributed by atoms with Crippen LogP contribution in [0.3, 0.4) is 0 Å². The predicted molar refractivity (Wildman–Crippen MR) is 88.9 cm³/mol. The number of aryl methyl sites for hydroxylation is 1. The lowest BCUT2D eigenvalue weighted by Gasteiger charge is -2.27. The van der Waals surface area contributed by atoms with Gasteiger partial charge in [-0.3, -0.25) is 14.6 Å². The molecule has 23 heavy (non-hydrogen) atoms. The molecule has 1 N–H and O–H groups in total. The summed E-state index contributed by atoms with van der Waals surface area (Å²) in [6, 6.07) is 3.92. The van der Waals surface area contributed by atoms with Gasteiger partial charge in [0.25, 0.3) is 6.47 Å². The molecular weight excluding hydrogens is 294 g/mol. The van der Waals surface area contributed by atoms with Crippen LogP contribution in [0, 0.1) is 0 Å². The van der Waals surface area contributed by atoms with E-state index in [0.29, 0.717) is 12.9 Å². The zero-order chi connectivity index (χ0) is 17.1. The normalized spacial score (nSPS) is 14.5. The van der Waals surface area contributed by atoms with Crippen molar-refractivity contribution >= 4 is 12.4 Å². The fourth-order valence-corrected chi connectivity index (χ4v) is 2.01. The highest BCUT2D eigenvalue weighted by atomic mass is 16.5. The van der Waals surface area contributed by atoms with E-state index in [1.54, 1.807) is 6.20 Å². The topological polar surface area (TPSA) is 71.5 Å². The monoisotopic (exact) mass is 321 g/mol. The van der Waals surface area contributed by atoms with E-state index in [1.165, 1.54) is 0 Å². The van der Waals surface area contributed by atoms with E-state index in [0.717, 1.165) is 38.2 Å². The highest BCUT2D eigenvalue weighted by molar-refractivity contribution is 5.76. The summed E-state index contributed by atoms with van der Waals surface area (Å²) >= 11 is 0. The van der Waals surface area contributed by atoms with Crippen LogP contribution in [0.15, 0.2) is 24.5 Å². The molecule has 0 bridgehead atoms. The van der Waals surface area contributed by atoms with Crippen LogP contribution in [0.4, 0.5) is 0 Å². The number of amides is 1. The predicted octanol–water partition coefficient (Wildman–Crippen LogP) is 1.40. The summed E-state index contributed by atoms with van der Waals surface area (Å²) in [6.07, 6.45) is 4.95. The van der Waals surface area contributed by atoms with Gasteiger partial charge in [0.2, 0.25) is 5.91 Å². The first-order valence-corrected chi connectivity index (χ1v) is 7.91. The van der Waals surface area contributed by atoms with Crippen LogP contribution in [0.25, 0.3) is 0 Å². The maximum atomic E-state index is 11.8. The van der Waals surface area contributed by atoms with Crippen molar-refractivity contribution in [2.24, 2.45) is 0 Å². The fourth-order valence-electron chi connectivity index (χ4n) is 2.01. The van der Waals surface area contributed by atoms with E-state index in [2.05, 4.69) is 15.0 Å². The van der Waals surface area contributed by atoms with Crippen molar-refractivity contribution in [1.29, 1.82) is 0 Å². The van der Waals surface area contributed by atoms with Crippen molar-refractivity contribution in [2.75, 3.05) is 26.2 Å². The first-order valence-electron chi connectivity index (χ1n) is 7.91. The van der Waals surface area contributed by atoms with E-state index in [4.69, 9.17) is 0 Å². The molecule has 2 rings (SSSR count). The Labute approximate surface area is 138 Å². The molecule has 1 aromatic rings. The number of piperazine rings is 1. The van der Waals surface area contributed by atoms with Gasteiger partial charge in [0.05, 0.1) is 0 Å². The molecule has 0 radical (unpaired) electrons. The maximum Gasteiger partial charge on any atom is 0.293 e. The van der Waals surface area contributed by atoms with Crippen molar-refractivity contribution in [3.8, 4) is 0 Å². The molecule has 0 saturated carbocycles. The third-order valence-electron chi connectivity index (χ3n) is 3.22. The van der Waals surface area contributed by atoms with Gasteiger partial charge in [0.15, 0.2) is 0 Å². The Morgan fingerprint density at radius 1 is 1.39 bits per heavy atom. The van der Waals surface area contributed by atoms with Crippen LogP contribution >= 0.6 is 0 Å². The Kier molecular flexibility index (Phi) is 8.26. The van der Waals surface area contributed by atoms with Gasteiger partial charge in [-0.1, -0.05) is 6.07 Å². The van der Waals surface area contributed by atoms with Crippen molar-refractivity contribution in [2.45, 2.75) is 39.2 Å². The molecule has 128 valence electrons. The van der Waals surface area contributed by atoms with Crippen LogP contribution in [-0.4, -0.2) is 54.0 Å². The molecule has 0 aromatic carbocycles. The zero-order valence-electron chi connectivity index (χ0n) is 14.2. The highest BCUT2D eigenvalue weighted by Crippen LogP contribution is 2.04. The Hall–Kier alpha value is -1.95. The van der Waals surface area contributed by atoms with Crippen LogP contribution in [0.1, 0.15) is 32.8 Å². The van der Waals surface area contributed by atoms with E-state index >= 15 is 0 Å².